The number of rotatable bonds is 6. The van der Waals surface area contributed by atoms with Crippen molar-refractivity contribution in [3.05, 3.63) is 42.9 Å². The summed E-state index contributed by atoms with van der Waals surface area (Å²) in [6, 6.07) is 8.21. The molecule has 3 aromatic rings. The Labute approximate surface area is 133 Å². The number of nitrogens with one attached hydrogen (secondary N) is 1. The SMILES string of the molecule is COCCOc1ncnc2c(S(=O)(=O)c3ccccc3)c[nH]c12. The average molecular weight is 333 g/mol. The molecule has 0 atom stereocenters. The molecule has 0 saturated heterocycles. The van der Waals surface area contributed by atoms with Gasteiger partial charge in [-0.1, -0.05) is 18.2 Å². The Kier molecular flexibility index (Phi) is 4.26. The summed E-state index contributed by atoms with van der Waals surface area (Å²) in [5, 5.41) is 0. The molecule has 0 aliphatic carbocycles. The topological polar surface area (TPSA) is 94.2 Å². The second-order valence-electron chi connectivity index (χ2n) is 4.71. The number of nitrogens with zero attached hydrogens (tertiary/aromatic N) is 2. The van der Waals surface area contributed by atoms with Crippen molar-refractivity contribution in [1.29, 1.82) is 0 Å². The van der Waals surface area contributed by atoms with Gasteiger partial charge in [0.25, 0.3) is 0 Å². The quantitative estimate of drug-likeness (QED) is 0.692. The summed E-state index contributed by atoms with van der Waals surface area (Å²) in [4.78, 5) is 11.3. The Balaban J connectivity index is 2.05. The van der Waals surface area contributed by atoms with E-state index in [-0.39, 0.29) is 9.79 Å². The minimum absolute atomic E-state index is 0.0951. The van der Waals surface area contributed by atoms with Crippen molar-refractivity contribution < 1.29 is 17.9 Å². The molecule has 1 aromatic carbocycles. The van der Waals surface area contributed by atoms with Gasteiger partial charge in [-0.3, -0.25) is 0 Å². The van der Waals surface area contributed by atoms with E-state index in [2.05, 4.69) is 15.0 Å². The zero-order chi connectivity index (χ0) is 16.3. The molecule has 0 fully saturated rings. The van der Waals surface area contributed by atoms with Gasteiger partial charge in [-0.15, -0.1) is 0 Å². The fourth-order valence-electron chi connectivity index (χ4n) is 2.15. The van der Waals surface area contributed by atoms with E-state index in [1.807, 2.05) is 0 Å². The van der Waals surface area contributed by atoms with Crippen LogP contribution in [0.2, 0.25) is 0 Å². The van der Waals surface area contributed by atoms with Crippen LogP contribution in [0, 0.1) is 0 Å². The first kappa shape index (κ1) is 15.4. The molecule has 0 aliphatic rings. The van der Waals surface area contributed by atoms with Gasteiger partial charge in [0.2, 0.25) is 15.7 Å². The molecular weight excluding hydrogens is 318 g/mol. The predicted molar refractivity (Wildman–Crippen MR) is 83.2 cm³/mol. The Hall–Kier alpha value is -2.45. The molecule has 23 heavy (non-hydrogen) atoms. The molecule has 0 aliphatic heterocycles. The van der Waals surface area contributed by atoms with E-state index < -0.39 is 9.84 Å². The van der Waals surface area contributed by atoms with Crippen LogP contribution in [0.15, 0.2) is 52.6 Å². The number of methoxy groups -OCH3 is 1. The molecule has 8 heteroatoms. The number of benzene rings is 1. The molecule has 2 aromatic heterocycles. The molecular formula is C15H15N3O4S. The van der Waals surface area contributed by atoms with Crippen LogP contribution in [-0.4, -0.2) is 43.7 Å². The maximum atomic E-state index is 12.7. The molecule has 1 N–H and O–H groups in total. The third-order valence-corrected chi connectivity index (χ3v) is 5.05. The maximum absolute atomic E-state index is 12.7. The molecule has 120 valence electrons. The van der Waals surface area contributed by atoms with Gasteiger partial charge in [-0.05, 0) is 12.1 Å². The third kappa shape index (κ3) is 2.90. The highest BCUT2D eigenvalue weighted by Crippen LogP contribution is 2.29. The van der Waals surface area contributed by atoms with E-state index in [9.17, 15) is 8.42 Å². The highest BCUT2D eigenvalue weighted by molar-refractivity contribution is 7.91. The normalized spacial score (nSPS) is 11.7. The largest absolute Gasteiger partial charge is 0.474 e. The second-order valence-corrected chi connectivity index (χ2v) is 6.63. The monoisotopic (exact) mass is 333 g/mol. The van der Waals surface area contributed by atoms with E-state index in [0.29, 0.717) is 30.1 Å². The fourth-order valence-corrected chi connectivity index (χ4v) is 3.55. The lowest BCUT2D eigenvalue weighted by molar-refractivity contribution is 0.144. The second kappa shape index (κ2) is 6.35. The van der Waals surface area contributed by atoms with Gasteiger partial charge in [0.05, 0.1) is 11.5 Å². The van der Waals surface area contributed by atoms with Crippen LogP contribution in [0.1, 0.15) is 0 Å². The number of aromatic nitrogens is 3. The van der Waals surface area contributed by atoms with Gasteiger partial charge >= 0.3 is 0 Å². The summed E-state index contributed by atoms with van der Waals surface area (Å²) in [6.45, 7) is 0.712. The molecule has 3 rings (SSSR count). The van der Waals surface area contributed by atoms with Gasteiger partial charge in [-0.25, -0.2) is 13.4 Å². The van der Waals surface area contributed by atoms with E-state index in [1.165, 1.54) is 12.5 Å². The van der Waals surface area contributed by atoms with Gasteiger partial charge in [-0.2, -0.15) is 4.98 Å². The lowest BCUT2D eigenvalue weighted by Gasteiger charge is -2.05. The van der Waals surface area contributed by atoms with Gasteiger partial charge in [0.1, 0.15) is 28.9 Å². The van der Waals surface area contributed by atoms with Crippen molar-refractivity contribution in [3.63, 3.8) is 0 Å². The van der Waals surface area contributed by atoms with Crippen LogP contribution in [0.25, 0.3) is 11.0 Å². The molecule has 0 spiro atoms. The number of fused-ring (bicyclic) bond motifs is 1. The van der Waals surface area contributed by atoms with Gasteiger partial charge in [0, 0.05) is 13.3 Å². The zero-order valence-electron chi connectivity index (χ0n) is 12.4. The first-order valence-corrected chi connectivity index (χ1v) is 8.37. The Bertz CT molecular complexity index is 907. The van der Waals surface area contributed by atoms with E-state index >= 15 is 0 Å². The lowest BCUT2D eigenvalue weighted by Crippen LogP contribution is -2.06. The Morgan fingerprint density at radius 1 is 1.13 bits per heavy atom. The van der Waals surface area contributed by atoms with Crippen molar-refractivity contribution in [2.24, 2.45) is 0 Å². The molecule has 0 amide bonds. The summed E-state index contributed by atoms with van der Waals surface area (Å²) < 4.78 is 35.9. The first-order valence-electron chi connectivity index (χ1n) is 6.88. The van der Waals surface area contributed by atoms with E-state index in [0.717, 1.165) is 0 Å². The standard InChI is InChI=1S/C15H15N3O4S/c1-21-7-8-22-15-14-13(17-10-18-15)12(9-16-14)23(19,20)11-5-3-2-4-6-11/h2-6,9-10,16H,7-8H2,1H3. The summed E-state index contributed by atoms with van der Waals surface area (Å²) >= 11 is 0. The molecule has 0 bridgehead atoms. The van der Waals surface area contributed by atoms with Crippen LogP contribution < -0.4 is 4.74 Å². The molecule has 7 nitrogen and oxygen atoms in total. The first-order chi connectivity index (χ1) is 11.1. The predicted octanol–water partition coefficient (Wildman–Crippen LogP) is 1.82. The third-order valence-electron chi connectivity index (χ3n) is 3.26. The van der Waals surface area contributed by atoms with Gasteiger partial charge < -0.3 is 14.5 Å². The molecule has 0 unspecified atom stereocenters. The number of aromatic amines is 1. The smallest absolute Gasteiger partial charge is 0.241 e. The number of hydrogen-bond acceptors (Lipinski definition) is 6. The average Bonchev–Trinajstić information content (AvgIpc) is 3.01. The Morgan fingerprint density at radius 2 is 1.91 bits per heavy atom. The van der Waals surface area contributed by atoms with E-state index in [1.54, 1.807) is 37.4 Å². The zero-order valence-corrected chi connectivity index (χ0v) is 13.2. The minimum atomic E-state index is -3.67. The Morgan fingerprint density at radius 3 is 2.65 bits per heavy atom. The van der Waals surface area contributed by atoms with Crippen molar-refractivity contribution in [1.82, 2.24) is 15.0 Å². The maximum Gasteiger partial charge on any atom is 0.241 e. The lowest BCUT2D eigenvalue weighted by atomic mass is 10.4. The van der Waals surface area contributed by atoms with Crippen LogP contribution >= 0.6 is 0 Å². The number of sulfone groups is 1. The molecule has 0 radical (unpaired) electrons. The van der Waals surface area contributed by atoms with Crippen LogP contribution in [0.5, 0.6) is 5.88 Å². The fraction of sp³-hybridized carbons (Fsp3) is 0.200. The van der Waals surface area contributed by atoms with Gasteiger partial charge in [0.15, 0.2) is 0 Å². The van der Waals surface area contributed by atoms with E-state index in [4.69, 9.17) is 9.47 Å². The van der Waals surface area contributed by atoms with Crippen LogP contribution in [0.3, 0.4) is 0 Å². The molecule has 0 saturated carbocycles. The van der Waals surface area contributed by atoms with Crippen molar-refractivity contribution in [2.45, 2.75) is 9.79 Å². The number of H-pyrrole nitrogens is 1. The summed E-state index contributed by atoms with van der Waals surface area (Å²) in [6.07, 6.45) is 2.69. The highest BCUT2D eigenvalue weighted by atomic mass is 32.2. The van der Waals surface area contributed by atoms with Crippen molar-refractivity contribution in [3.8, 4) is 5.88 Å². The summed E-state index contributed by atoms with van der Waals surface area (Å²) in [5.41, 5.74) is 0.745. The van der Waals surface area contributed by atoms with Crippen molar-refractivity contribution >= 4 is 20.9 Å². The number of ether oxygens (including phenoxy) is 2. The minimum Gasteiger partial charge on any atom is -0.474 e. The highest BCUT2D eigenvalue weighted by Gasteiger charge is 2.24. The summed E-state index contributed by atoms with van der Waals surface area (Å²) in [7, 11) is -2.10. The number of hydrogen-bond donors (Lipinski definition) is 1. The van der Waals surface area contributed by atoms with Crippen molar-refractivity contribution in [2.75, 3.05) is 20.3 Å². The molecule has 2 heterocycles. The van der Waals surface area contributed by atoms with Crippen LogP contribution in [0.4, 0.5) is 0 Å². The van der Waals surface area contributed by atoms with Crippen LogP contribution in [-0.2, 0) is 14.6 Å². The summed E-state index contributed by atoms with van der Waals surface area (Å²) in [5.74, 6) is 0.293.